The zero-order valence-corrected chi connectivity index (χ0v) is 5.76. The van der Waals surface area contributed by atoms with Crippen molar-refractivity contribution in [2.24, 2.45) is 0 Å². The summed E-state index contributed by atoms with van der Waals surface area (Å²) in [4.78, 5) is 20.4. The summed E-state index contributed by atoms with van der Waals surface area (Å²) in [5.74, 6) is -0.358. The summed E-state index contributed by atoms with van der Waals surface area (Å²) < 4.78 is 8.87. The fourth-order valence-corrected chi connectivity index (χ4v) is 0.786. The van der Waals surface area contributed by atoms with Crippen LogP contribution in [0, 0.1) is 0 Å². The molecule has 0 saturated carbocycles. The average molecular weight is 165 g/mol. The lowest BCUT2D eigenvalue weighted by atomic mass is 10.4. The van der Waals surface area contributed by atoms with Crippen LogP contribution >= 0.6 is 11.6 Å². The van der Waals surface area contributed by atoms with Gasteiger partial charge in [0.2, 0.25) is 6.29 Å². The van der Waals surface area contributed by atoms with E-state index in [4.69, 9.17) is 11.6 Å². The molecule has 0 amide bonds. The van der Waals surface area contributed by atoms with Crippen molar-refractivity contribution in [2.75, 3.05) is 0 Å². The van der Waals surface area contributed by atoms with Gasteiger partial charge in [-0.2, -0.15) is 0 Å². The van der Waals surface area contributed by atoms with Gasteiger partial charge in [-0.15, -0.1) is 0 Å². The Labute approximate surface area is 62.0 Å². The Kier molecular flexibility index (Phi) is 2.11. The summed E-state index contributed by atoms with van der Waals surface area (Å²) in [6.07, 6.45) is -0.0796. The molecule has 1 aliphatic rings. The Morgan fingerprint density at radius 1 is 1.80 bits per heavy atom. The van der Waals surface area contributed by atoms with Crippen LogP contribution in [0.2, 0.25) is 0 Å². The Morgan fingerprint density at radius 3 is 2.90 bits per heavy atom. The van der Waals surface area contributed by atoms with Gasteiger partial charge in [-0.05, 0) is 0 Å². The van der Waals surface area contributed by atoms with Crippen molar-refractivity contribution in [3.63, 3.8) is 0 Å². The van der Waals surface area contributed by atoms with Crippen molar-refractivity contribution in [3.8, 4) is 0 Å². The second kappa shape index (κ2) is 2.88. The van der Waals surface area contributed by atoms with Crippen molar-refractivity contribution in [2.45, 2.75) is 19.1 Å². The number of carbonyl (C=O) groups excluding carboxylic acids is 2. The Balaban J connectivity index is 2.31. The van der Waals surface area contributed by atoms with E-state index in [1.54, 1.807) is 0 Å². The van der Waals surface area contributed by atoms with Gasteiger partial charge >= 0.3 is 11.4 Å². The minimum absolute atomic E-state index is 0.287. The molecular weight excluding hydrogens is 160 g/mol. The molecule has 0 aromatic carbocycles. The molecule has 56 valence electrons. The van der Waals surface area contributed by atoms with Gasteiger partial charge in [0.1, 0.15) is 0 Å². The molecular formula is C5H5ClO4. The van der Waals surface area contributed by atoms with Crippen molar-refractivity contribution >= 4 is 23.0 Å². The molecule has 0 bridgehead atoms. The Bertz CT molecular complexity index is 167. The number of hydrogen-bond donors (Lipinski definition) is 0. The van der Waals surface area contributed by atoms with Crippen LogP contribution in [-0.4, -0.2) is 17.7 Å². The lowest BCUT2D eigenvalue weighted by Crippen LogP contribution is -2.12. The summed E-state index contributed by atoms with van der Waals surface area (Å²) >= 11 is 4.85. The van der Waals surface area contributed by atoms with E-state index in [-0.39, 0.29) is 12.4 Å². The van der Waals surface area contributed by atoms with Crippen LogP contribution in [0.3, 0.4) is 0 Å². The maximum absolute atomic E-state index is 10.4. The zero-order chi connectivity index (χ0) is 7.56. The minimum atomic E-state index is -0.945. The van der Waals surface area contributed by atoms with E-state index in [1.165, 1.54) is 0 Å². The molecule has 5 heteroatoms. The Hall–Kier alpha value is -0.770. The SMILES string of the molecule is O=C(Cl)OC1CCC(=O)O1. The fourth-order valence-electron chi connectivity index (χ4n) is 0.686. The number of esters is 1. The topological polar surface area (TPSA) is 52.6 Å². The first-order chi connectivity index (χ1) is 4.68. The third kappa shape index (κ3) is 1.88. The quantitative estimate of drug-likeness (QED) is 0.429. The number of carbonyl (C=O) groups is 2. The highest BCUT2D eigenvalue weighted by Gasteiger charge is 2.25. The Morgan fingerprint density at radius 2 is 2.50 bits per heavy atom. The van der Waals surface area contributed by atoms with E-state index in [2.05, 4.69) is 9.47 Å². The predicted octanol–water partition coefficient (Wildman–Crippen LogP) is 1.02. The van der Waals surface area contributed by atoms with Gasteiger partial charge < -0.3 is 9.47 Å². The molecule has 1 rings (SSSR count). The van der Waals surface area contributed by atoms with E-state index in [0.717, 1.165) is 0 Å². The van der Waals surface area contributed by atoms with Crippen LogP contribution in [-0.2, 0) is 14.3 Å². The van der Waals surface area contributed by atoms with Gasteiger partial charge in [0.05, 0.1) is 6.42 Å². The normalized spacial score (nSPS) is 24.1. The van der Waals surface area contributed by atoms with Crippen LogP contribution in [0.1, 0.15) is 12.8 Å². The number of rotatable bonds is 1. The number of hydrogen-bond acceptors (Lipinski definition) is 4. The lowest BCUT2D eigenvalue weighted by molar-refractivity contribution is -0.152. The minimum Gasteiger partial charge on any atom is -0.425 e. The summed E-state index contributed by atoms with van der Waals surface area (Å²) in [5.41, 5.74) is -0.945. The smallest absolute Gasteiger partial charge is 0.406 e. The maximum Gasteiger partial charge on any atom is 0.406 e. The van der Waals surface area contributed by atoms with Crippen LogP contribution < -0.4 is 0 Å². The van der Waals surface area contributed by atoms with E-state index in [0.29, 0.717) is 6.42 Å². The third-order valence-electron chi connectivity index (χ3n) is 1.07. The van der Waals surface area contributed by atoms with E-state index in [1.807, 2.05) is 0 Å². The molecule has 1 saturated heterocycles. The van der Waals surface area contributed by atoms with E-state index in [9.17, 15) is 9.59 Å². The predicted molar refractivity (Wildman–Crippen MR) is 31.4 cm³/mol. The standard InChI is InChI=1S/C5H5ClO4/c6-5(8)10-4-2-1-3(7)9-4/h4H,1-2H2. The van der Waals surface area contributed by atoms with Gasteiger partial charge in [0, 0.05) is 18.0 Å². The summed E-state index contributed by atoms with van der Waals surface area (Å²) in [5, 5.41) is 0. The van der Waals surface area contributed by atoms with Gasteiger partial charge in [0.15, 0.2) is 0 Å². The first-order valence-electron chi connectivity index (χ1n) is 2.74. The average Bonchev–Trinajstić information content (AvgIpc) is 2.13. The lowest BCUT2D eigenvalue weighted by Gasteiger charge is -2.05. The largest absolute Gasteiger partial charge is 0.425 e. The molecule has 0 spiro atoms. The number of halogens is 1. The molecule has 0 aromatic rings. The first kappa shape index (κ1) is 7.34. The highest BCUT2D eigenvalue weighted by atomic mass is 35.5. The van der Waals surface area contributed by atoms with Gasteiger partial charge in [-0.25, -0.2) is 4.79 Å². The van der Waals surface area contributed by atoms with Gasteiger partial charge in [0.25, 0.3) is 0 Å². The van der Waals surface area contributed by atoms with Gasteiger partial charge in [-0.3, -0.25) is 4.79 Å². The summed E-state index contributed by atoms with van der Waals surface area (Å²) in [6.45, 7) is 0. The molecule has 1 heterocycles. The molecule has 0 N–H and O–H groups in total. The molecule has 1 fully saturated rings. The fraction of sp³-hybridized carbons (Fsp3) is 0.600. The molecule has 4 nitrogen and oxygen atoms in total. The molecule has 1 unspecified atom stereocenters. The molecule has 1 atom stereocenters. The second-order valence-electron chi connectivity index (χ2n) is 1.81. The van der Waals surface area contributed by atoms with Crippen LogP contribution in [0.5, 0.6) is 0 Å². The summed E-state index contributed by atoms with van der Waals surface area (Å²) in [6, 6.07) is 0. The van der Waals surface area contributed by atoms with Crippen LogP contribution in [0.4, 0.5) is 4.79 Å². The van der Waals surface area contributed by atoms with Crippen LogP contribution in [0.15, 0.2) is 0 Å². The molecule has 0 radical (unpaired) electrons. The number of cyclic esters (lactones) is 1. The molecule has 10 heavy (non-hydrogen) atoms. The third-order valence-corrected chi connectivity index (χ3v) is 1.16. The van der Waals surface area contributed by atoms with Gasteiger partial charge in [-0.1, -0.05) is 0 Å². The van der Waals surface area contributed by atoms with Crippen molar-refractivity contribution < 1.29 is 19.1 Å². The van der Waals surface area contributed by atoms with E-state index >= 15 is 0 Å². The van der Waals surface area contributed by atoms with Crippen LogP contribution in [0.25, 0.3) is 0 Å². The summed E-state index contributed by atoms with van der Waals surface area (Å²) in [7, 11) is 0. The first-order valence-corrected chi connectivity index (χ1v) is 3.12. The second-order valence-corrected chi connectivity index (χ2v) is 2.12. The van der Waals surface area contributed by atoms with Crippen molar-refractivity contribution in [1.29, 1.82) is 0 Å². The maximum atomic E-state index is 10.4. The number of ether oxygens (including phenoxy) is 2. The molecule has 0 aromatic heterocycles. The molecule has 0 aliphatic carbocycles. The van der Waals surface area contributed by atoms with Crippen molar-refractivity contribution in [3.05, 3.63) is 0 Å². The van der Waals surface area contributed by atoms with Crippen molar-refractivity contribution in [1.82, 2.24) is 0 Å². The highest BCUT2D eigenvalue weighted by molar-refractivity contribution is 6.61. The zero-order valence-electron chi connectivity index (χ0n) is 5.00. The monoisotopic (exact) mass is 164 g/mol. The molecule has 1 aliphatic heterocycles. The highest BCUT2D eigenvalue weighted by Crippen LogP contribution is 2.15. The van der Waals surface area contributed by atoms with E-state index < -0.39 is 11.7 Å².